The molecule has 2 heterocycles. The molecule has 1 unspecified atom stereocenters. The molecule has 2 fully saturated rings. The van der Waals surface area contributed by atoms with Crippen molar-refractivity contribution < 1.29 is 9.47 Å². The van der Waals surface area contributed by atoms with Gasteiger partial charge in [0.1, 0.15) is 0 Å². The van der Waals surface area contributed by atoms with Gasteiger partial charge in [-0.05, 0) is 33.6 Å². The molecule has 24 heavy (non-hydrogen) atoms. The Morgan fingerprint density at radius 1 is 1.46 bits per heavy atom. The van der Waals surface area contributed by atoms with Gasteiger partial charge in [-0.25, -0.2) is 0 Å². The van der Waals surface area contributed by atoms with Crippen LogP contribution < -0.4 is 5.32 Å². The number of hydrogen-bond donors (Lipinski definition) is 1. The average molecular weight is 471 g/mol. The predicted octanol–water partition coefficient (Wildman–Crippen LogP) is 2.84. The van der Waals surface area contributed by atoms with Crippen LogP contribution in [0.15, 0.2) is 4.99 Å². The first kappa shape index (κ1) is 22.3. The highest BCUT2D eigenvalue weighted by Crippen LogP contribution is 2.29. The van der Waals surface area contributed by atoms with Crippen LogP contribution in [0.2, 0.25) is 0 Å². The molecule has 2 rings (SSSR count). The fourth-order valence-electron chi connectivity index (χ4n) is 2.94. The minimum Gasteiger partial charge on any atom is -0.381 e. The summed E-state index contributed by atoms with van der Waals surface area (Å²) >= 11 is 2.05. The Labute approximate surface area is 168 Å². The zero-order valence-corrected chi connectivity index (χ0v) is 18.5. The summed E-state index contributed by atoms with van der Waals surface area (Å²) in [5.74, 6) is 2.83. The molecule has 0 radical (unpaired) electrons. The molecule has 5 nitrogen and oxygen atoms in total. The number of nitrogens with zero attached hydrogens (tertiary/aromatic N) is 2. The van der Waals surface area contributed by atoms with Gasteiger partial charge in [-0.3, -0.25) is 4.99 Å². The Morgan fingerprint density at radius 3 is 2.96 bits per heavy atom. The normalized spacial score (nSPS) is 23.9. The first-order valence-electron chi connectivity index (χ1n) is 8.93. The molecular formula is C17H34IN3O2S. The summed E-state index contributed by atoms with van der Waals surface area (Å²) in [6, 6.07) is 0. The largest absolute Gasteiger partial charge is 0.381 e. The van der Waals surface area contributed by atoms with Crippen molar-refractivity contribution in [1.29, 1.82) is 0 Å². The fourth-order valence-corrected chi connectivity index (χ4v) is 4.05. The Hall–Kier alpha value is 0.270. The maximum Gasteiger partial charge on any atom is 0.193 e. The van der Waals surface area contributed by atoms with Crippen LogP contribution in [0.4, 0.5) is 0 Å². The summed E-state index contributed by atoms with van der Waals surface area (Å²) in [6.45, 7) is 14.0. The van der Waals surface area contributed by atoms with Gasteiger partial charge in [-0.1, -0.05) is 0 Å². The van der Waals surface area contributed by atoms with E-state index in [0.29, 0.717) is 10.7 Å². The summed E-state index contributed by atoms with van der Waals surface area (Å²) in [6.07, 6.45) is 2.12. The van der Waals surface area contributed by atoms with Crippen molar-refractivity contribution in [2.24, 2.45) is 10.9 Å². The van der Waals surface area contributed by atoms with E-state index in [1.807, 2.05) is 0 Å². The van der Waals surface area contributed by atoms with Crippen LogP contribution in [0.1, 0.15) is 33.6 Å². The fraction of sp³-hybridized carbons (Fsp3) is 0.941. The summed E-state index contributed by atoms with van der Waals surface area (Å²) in [4.78, 5) is 7.19. The molecule has 7 heteroatoms. The van der Waals surface area contributed by atoms with E-state index in [2.05, 4.69) is 42.7 Å². The van der Waals surface area contributed by atoms with Crippen molar-refractivity contribution in [2.75, 3.05) is 58.4 Å². The Balaban J connectivity index is 0.00000288. The second-order valence-electron chi connectivity index (χ2n) is 6.92. The molecule has 0 aromatic rings. The molecule has 0 spiro atoms. The van der Waals surface area contributed by atoms with Gasteiger partial charge in [0.15, 0.2) is 5.96 Å². The van der Waals surface area contributed by atoms with E-state index in [1.165, 1.54) is 5.75 Å². The number of thioether (sulfide) groups is 1. The van der Waals surface area contributed by atoms with Gasteiger partial charge in [0, 0.05) is 55.8 Å². The van der Waals surface area contributed by atoms with Crippen molar-refractivity contribution >= 4 is 41.7 Å². The standard InChI is InChI=1S/C17H33N3O2S.HI/c1-4-18-16(20-8-11-23-17(2,3)14-20)19-7-5-9-21-12-15-6-10-22-13-15;/h15H,4-14H2,1-3H3,(H,18,19);1H. The highest BCUT2D eigenvalue weighted by atomic mass is 127. The predicted molar refractivity (Wildman–Crippen MR) is 114 cm³/mol. The van der Waals surface area contributed by atoms with E-state index < -0.39 is 0 Å². The third-order valence-corrected chi connectivity index (χ3v) is 5.44. The maximum atomic E-state index is 5.75. The monoisotopic (exact) mass is 471 g/mol. The van der Waals surface area contributed by atoms with Crippen molar-refractivity contribution in [3.05, 3.63) is 0 Å². The first-order valence-corrected chi connectivity index (χ1v) is 9.92. The number of nitrogens with one attached hydrogen (secondary N) is 1. The quantitative estimate of drug-likeness (QED) is 0.268. The number of halogens is 1. The van der Waals surface area contributed by atoms with Crippen molar-refractivity contribution in [3.8, 4) is 0 Å². The minimum absolute atomic E-state index is 0. The van der Waals surface area contributed by atoms with Gasteiger partial charge in [0.25, 0.3) is 0 Å². The van der Waals surface area contributed by atoms with Crippen LogP contribution in [-0.2, 0) is 9.47 Å². The van der Waals surface area contributed by atoms with Crippen LogP contribution in [0.3, 0.4) is 0 Å². The topological polar surface area (TPSA) is 46.1 Å². The van der Waals surface area contributed by atoms with E-state index in [1.54, 1.807) is 0 Å². The molecule has 0 bridgehead atoms. The van der Waals surface area contributed by atoms with Gasteiger partial charge < -0.3 is 19.7 Å². The van der Waals surface area contributed by atoms with Crippen molar-refractivity contribution in [2.45, 2.75) is 38.4 Å². The lowest BCUT2D eigenvalue weighted by atomic mass is 10.1. The van der Waals surface area contributed by atoms with Crippen LogP contribution in [0.5, 0.6) is 0 Å². The number of aliphatic imine (C=N–C) groups is 1. The Kier molecular flexibility index (Phi) is 11.0. The van der Waals surface area contributed by atoms with Gasteiger partial charge in [-0.15, -0.1) is 24.0 Å². The highest BCUT2D eigenvalue weighted by molar-refractivity contribution is 14.0. The van der Waals surface area contributed by atoms with E-state index in [-0.39, 0.29) is 24.0 Å². The van der Waals surface area contributed by atoms with E-state index in [0.717, 1.165) is 71.4 Å². The number of hydrogen-bond acceptors (Lipinski definition) is 4. The smallest absolute Gasteiger partial charge is 0.193 e. The zero-order chi connectivity index (χ0) is 16.5. The lowest BCUT2D eigenvalue weighted by Gasteiger charge is -2.39. The molecule has 0 saturated carbocycles. The second kappa shape index (κ2) is 11.8. The average Bonchev–Trinajstić information content (AvgIpc) is 3.02. The Morgan fingerprint density at radius 2 is 2.29 bits per heavy atom. The van der Waals surface area contributed by atoms with Crippen LogP contribution in [-0.4, -0.2) is 74.0 Å². The zero-order valence-electron chi connectivity index (χ0n) is 15.4. The molecule has 1 N–H and O–H groups in total. The summed E-state index contributed by atoms with van der Waals surface area (Å²) in [7, 11) is 0. The molecule has 2 aliphatic rings. The summed E-state index contributed by atoms with van der Waals surface area (Å²) in [5.41, 5.74) is 0. The molecule has 0 aliphatic carbocycles. The Bertz CT molecular complexity index is 377. The number of guanidine groups is 1. The van der Waals surface area contributed by atoms with Crippen LogP contribution in [0, 0.1) is 5.92 Å². The summed E-state index contributed by atoms with van der Waals surface area (Å²) in [5, 5.41) is 3.44. The third kappa shape index (κ3) is 8.10. The van der Waals surface area contributed by atoms with E-state index in [4.69, 9.17) is 14.5 Å². The van der Waals surface area contributed by atoms with Crippen molar-refractivity contribution in [1.82, 2.24) is 10.2 Å². The second-order valence-corrected chi connectivity index (χ2v) is 8.73. The van der Waals surface area contributed by atoms with Gasteiger partial charge >= 0.3 is 0 Å². The lowest BCUT2D eigenvalue weighted by Crippen LogP contribution is -2.51. The molecular weight excluding hydrogens is 437 g/mol. The van der Waals surface area contributed by atoms with E-state index in [9.17, 15) is 0 Å². The van der Waals surface area contributed by atoms with E-state index >= 15 is 0 Å². The molecule has 0 aromatic carbocycles. The molecule has 142 valence electrons. The molecule has 0 amide bonds. The van der Waals surface area contributed by atoms with Crippen LogP contribution >= 0.6 is 35.7 Å². The minimum atomic E-state index is 0. The molecule has 2 saturated heterocycles. The molecule has 1 atom stereocenters. The van der Waals surface area contributed by atoms with Gasteiger partial charge in [0.2, 0.25) is 0 Å². The summed E-state index contributed by atoms with van der Waals surface area (Å²) < 4.78 is 11.4. The van der Waals surface area contributed by atoms with Gasteiger partial charge in [-0.2, -0.15) is 11.8 Å². The van der Waals surface area contributed by atoms with Crippen molar-refractivity contribution in [3.63, 3.8) is 0 Å². The molecule has 2 aliphatic heterocycles. The highest BCUT2D eigenvalue weighted by Gasteiger charge is 2.28. The first-order chi connectivity index (χ1) is 11.1. The van der Waals surface area contributed by atoms with Gasteiger partial charge in [0.05, 0.1) is 13.2 Å². The third-order valence-electron chi connectivity index (χ3n) is 4.15. The number of rotatable bonds is 7. The SMILES string of the molecule is CCNC(=NCCCOCC1CCOC1)N1CCSC(C)(C)C1.I. The number of ether oxygens (including phenoxy) is 2. The maximum absolute atomic E-state index is 5.75. The van der Waals surface area contributed by atoms with Crippen LogP contribution in [0.25, 0.3) is 0 Å². The lowest BCUT2D eigenvalue weighted by molar-refractivity contribution is 0.0893. The molecule has 0 aromatic heterocycles.